The van der Waals surface area contributed by atoms with E-state index in [1.165, 1.54) is 0 Å². The maximum Gasteiger partial charge on any atom is 0.239 e. The summed E-state index contributed by atoms with van der Waals surface area (Å²) in [6, 6.07) is 3.59. The number of anilines is 2. The number of nitrogens with one attached hydrogen (secondary N) is 2. The fourth-order valence-corrected chi connectivity index (χ4v) is 1.13. The molecule has 1 aromatic rings. The summed E-state index contributed by atoms with van der Waals surface area (Å²) in [5, 5.41) is 5.57. The van der Waals surface area contributed by atoms with Crippen molar-refractivity contribution in [3.05, 3.63) is 17.8 Å². The molecule has 0 radical (unpaired) electrons. The summed E-state index contributed by atoms with van der Waals surface area (Å²) in [7, 11) is 0. The van der Waals surface area contributed by atoms with Crippen LogP contribution in [0.3, 0.4) is 0 Å². The van der Waals surface area contributed by atoms with E-state index in [1.54, 1.807) is 6.07 Å². The van der Waals surface area contributed by atoms with Crippen molar-refractivity contribution in [1.82, 2.24) is 10.3 Å². The minimum Gasteiger partial charge on any atom is -0.396 e. The smallest absolute Gasteiger partial charge is 0.239 e. The van der Waals surface area contributed by atoms with E-state index < -0.39 is 0 Å². The van der Waals surface area contributed by atoms with Gasteiger partial charge in [0.05, 0.1) is 12.2 Å². The lowest BCUT2D eigenvalue weighted by atomic mass is 10.3. The number of nitrogen functional groups attached to an aromatic ring is 1. The second-order valence-electron chi connectivity index (χ2n) is 3.20. The Kier molecular flexibility index (Phi) is 3.91. The first-order chi connectivity index (χ1) is 7.13. The molecule has 0 aliphatic carbocycles. The molecule has 0 aliphatic rings. The zero-order chi connectivity index (χ0) is 11.3. The van der Waals surface area contributed by atoms with Gasteiger partial charge in [-0.05, 0) is 26.0 Å². The molecule has 82 valence electrons. The summed E-state index contributed by atoms with van der Waals surface area (Å²) in [6.07, 6.45) is 0. The molecule has 0 spiro atoms. The number of pyridine rings is 1. The molecule has 4 N–H and O–H groups in total. The molecular weight excluding hydrogens is 192 g/mol. The number of nitrogens with zero attached hydrogens (tertiary/aromatic N) is 1. The Balaban J connectivity index is 2.57. The van der Waals surface area contributed by atoms with Crippen LogP contribution in [-0.4, -0.2) is 24.0 Å². The highest BCUT2D eigenvalue weighted by atomic mass is 16.1. The van der Waals surface area contributed by atoms with E-state index >= 15 is 0 Å². The Morgan fingerprint density at radius 2 is 2.27 bits per heavy atom. The molecule has 5 heteroatoms. The fraction of sp³-hybridized carbons (Fsp3) is 0.400. The van der Waals surface area contributed by atoms with Crippen LogP contribution in [-0.2, 0) is 4.79 Å². The summed E-state index contributed by atoms with van der Waals surface area (Å²) < 4.78 is 0. The molecule has 0 fully saturated rings. The van der Waals surface area contributed by atoms with Crippen LogP contribution >= 0.6 is 0 Å². The van der Waals surface area contributed by atoms with Crippen molar-refractivity contribution in [2.24, 2.45) is 0 Å². The number of carbonyl (C=O) groups excluding carboxylic acids is 1. The van der Waals surface area contributed by atoms with Gasteiger partial charge in [-0.25, -0.2) is 4.98 Å². The molecule has 1 amide bonds. The van der Waals surface area contributed by atoms with Gasteiger partial charge in [-0.3, -0.25) is 4.79 Å². The van der Waals surface area contributed by atoms with E-state index in [1.807, 2.05) is 19.9 Å². The molecular formula is C10H16N4O. The van der Waals surface area contributed by atoms with Crippen LogP contribution in [0.2, 0.25) is 0 Å². The van der Waals surface area contributed by atoms with Gasteiger partial charge >= 0.3 is 0 Å². The lowest BCUT2D eigenvalue weighted by Crippen LogP contribution is -2.29. The molecule has 0 saturated carbocycles. The molecule has 0 bridgehead atoms. The predicted octanol–water partition coefficient (Wildman–Crippen LogP) is 0.520. The number of nitrogens with two attached hydrogens (primary N) is 1. The second kappa shape index (κ2) is 5.19. The van der Waals surface area contributed by atoms with Crippen molar-refractivity contribution >= 4 is 17.4 Å². The first kappa shape index (κ1) is 11.3. The number of hydrogen-bond acceptors (Lipinski definition) is 4. The van der Waals surface area contributed by atoms with E-state index in [0.29, 0.717) is 18.1 Å². The van der Waals surface area contributed by atoms with Crippen LogP contribution in [0.15, 0.2) is 12.1 Å². The lowest BCUT2D eigenvalue weighted by molar-refractivity contribution is -0.119. The average molecular weight is 208 g/mol. The molecule has 0 unspecified atom stereocenters. The van der Waals surface area contributed by atoms with Gasteiger partial charge < -0.3 is 16.4 Å². The Bertz CT molecular complexity index is 351. The van der Waals surface area contributed by atoms with E-state index in [4.69, 9.17) is 5.73 Å². The highest BCUT2D eigenvalue weighted by Crippen LogP contribution is 2.14. The van der Waals surface area contributed by atoms with Gasteiger partial charge in [-0.2, -0.15) is 0 Å². The summed E-state index contributed by atoms with van der Waals surface area (Å²) in [5.74, 6) is 0.487. The zero-order valence-electron chi connectivity index (χ0n) is 9.00. The molecule has 15 heavy (non-hydrogen) atoms. The second-order valence-corrected chi connectivity index (χ2v) is 3.20. The van der Waals surface area contributed by atoms with Crippen molar-refractivity contribution in [1.29, 1.82) is 0 Å². The molecule has 1 rings (SSSR count). The van der Waals surface area contributed by atoms with Gasteiger partial charge in [-0.1, -0.05) is 0 Å². The van der Waals surface area contributed by atoms with Gasteiger partial charge in [-0.15, -0.1) is 0 Å². The SMILES string of the molecule is CCNC(=O)CNc1nc(C)ccc1N. The fourth-order valence-electron chi connectivity index (χ4n) is 1.13. The molecule has 1 heterocycles. The molecule has 5 nitrogen and oxygen atoms in total. The van der Waals surface area contributed by atoms with Gasteiger partial charge in [0.2, 0.25) is 5.91 Å². The van der Waals surface area contributed by atoms with Crippen molar-refractivity contribution < 1.29 is 4.79 Å². The number of carbonyl (C=O) groups is 1. The van der Waals surface area contributed by atoms with Crippen LogP contribution in [0.5, 0.6) is 0 Å². The quantitative estimate of drug-likeness (QED) is 0.674. The van der Waals surface area contributed by atoms with Crippen molar-refractivity contribution in [2.75, 3.05) is 24.1 Å². The summed E-state index contributed by atoms with van der Waals surface area (Å²) in [5.41, 5.74) is 7.10. The Labute approximate surface area is 89.1 Å². The molecule has 0 aliphatic heterocycles. The van der Waals surface area contributed by atoms with E-state index in [0.717, 1.165) is 5.69 Å². The van der Waals surface area contributed by atoms with Crippen molar-refractivity contribution in [3.8, 4) is 0 Å². The molecule has 1 aromatic heterocycles. The van der Waals surface area contributed by atoms with Crippen molar-refractivity contribution in [2.45, 2.75) is 13.8 Å². The minimum atomic E-state index is -0.0693. The number of rotatable bonds is 4. The van der Waals surface area contributed by atoms with E-state index in [-0.39, 0.29) is 12.5 Å². The summed E-state index contributed by atoms with van der Waals surface area (Å²) in [4.78, 5) is 15.4. The maximum atomic E-state index is 11.2. The largest absolute Gasteiger partial charge is 0.396 e. The molecule has 0 atom stereocenters. The molecule has 0 saturated heterocycles. The summed E-state index contributed by atoms with van der Waals surface area (Å²) >= 11 is 0. The number of aryl methyl sites for hydroxylation is 1. The van der Waals surface area contributed by atoms with Gasteiger partial charge in [0.1, 0.15) is 5.82 Å². The minimum absolute atomic E-state index is 0.0693. The third-order valence-corrected chi connectivity index (χ3v) is 1.86. The lowest BCUT2D eigenvalue weighted by Gasteiger charge is -2.08. The molecule has 0 aromatic carbocycles. The van der Waals surface area contributed by atoms with Crippen LogP contribution < -0.4 is 16.4 Å². The third kappa shape index (κ3) is 3.46. The Hall–Kier alpha value is -1.78. The number of amides is 1. The Morgan fingerprint density at radius 3 is 2.93 bits per heavy atom. The van der Waals surface area contributed by atoms with Crippen molar-refractivity contribution in [3.63, 3.8) is 0 Å². The standard InChI is InChI=1S/C10H16N4O/c1-3-12-9(15)6-13-10-8(11)5-4-7(2)14-10/h4-5H,3,6,11H2,1-2H3,(H,12,15)(H,13,14). The number of aromatic nitrogens is 1. The van der Waals surface area contributed by atoms with Crippen LogP contribution in [0.1, 0.15) is 12.6 Å². The Morgan fingerprint density at radius 1 is 1.53 bits per heavy atom. The number of hydrogen-bond donors (Lipinski definition) is 3. The predicted molar refractivity (Wildman–Crippen MR) is 60.6 cm³/mol. The van der Waals surface area contributed by atoms with Crippen LogP contribution in [0.25, 0.3) is 0 Å². The zero-order valence-corrected chi connectivity index (χ0v) is 9.00. The highest BCUT2D eigenvalue weighted by Gasteiger charge is 2.03. The van der Waals surface area contributed by atoms with Crippen LogP contribution in [0, 0.1) is 6.92 Å². The first-order valence-electron chi connectivity index (χ1n) is 4.87. The number of likely N-dealkylation sites (N-methyl/N-ethyl adjacent to an activating group) is 1. The van der Waals surface area contributed by atoms with Gasteiger partial charge in [0, 0.05) is 12.2 Å². The maximum absolute atomic E-state index is 11.2. The normalized spacial score (nSPS) is 9.73. The summed E-state index contributed by atoms with van der Waals surface area (Å²) in [6.45, 7) is 4.56. The van der Waals surface area contributed by atoms with E-state index in [9.17, 15) is 4.79 Å². The topological polar surface area (TPSA) is 80.0 Å². The monoisotopic (exact) mass is 208 g/mol. The highest BCUT2D eigenvalue weighted by molar-refractivity contribution is 5.81. The third-order valence-electron chi connectivity index (χ3n) is 1.86. The van der Waals surface area contributed by atoms with E-state index in [2.05, 4.69) is 15.6 Å². The van der Waals surface area contributed by atoms with Crippen LogP contribution in [0.4, 0.5) is 11.5 Å². The van der Waals surface area contributed by atoms with Gasteiger partial charge in [0.25, 0.3) is 0 Å². The first-order valence-corrected chi connectivity index (χ1v) is 4.87. The van der Waals surface area contributed by atoms with Gasteiger partial charge in [0.15, 0.2) is 0 Å². The average Bonchev–Trinajstić information content (AvgIpc) is 2.20.